The van der Waals surface area contributed by atoms with Gasteiger partial charge in [-0.2, -0.15) is 0 Å². The molecule has 130 valence electrons. The molecule has 2 rings (SSSR count). The van der Waals surface area contributed by atoms with Crippen molar-refractivity contribution in [3.8, 4) is 5.75 Å². The molecule has 0 aliphatic heterocycles. The van der Waals surface area contributed by atoms with Crippen molar-refractivity contribution in [2.24, 2.45) is 0 Å². The number of pyridine rings is 1. The van der Waals surface area contributed by atoms with Crippen LogP contribution in [0.3, 0.4) is 0 Å². The van der Waals surface area contributed by atoms with Crippen LogP contribution in [0.5, 0.6) is 5.75 Å². The van der Waals surface area contributed by atoms with E-state index in [2.05, 4.69) is 10.3 Å². The molecule has 0 aliphatic rings. The van der Waals surface area contributed by atoms with Gasteiger partial charge in [0.2, 0.25) is 11.8 Å². The zero-order valence-corrected chi connectivity index (χ0v) is 14.5. The number of hydrogen-bond donors (Lipinski definition) is 1. The maximum absolute atomic E-state index is 12.1. The van der Waals surface area contributed by atoms with Crippen molar-refractivity contribution in [3.63, 3.8) is 0 Å². The standard InChI is InChI=1S/C19H21N3O3/c1-14-9-10-20-17(11-14)21-18(23)13-22(2)19(24)8-7-15-5-4-6-16(12-15)25-3/h4-12H,13H2,1-3H3,(H,20,21,23)/b8-7+. The number of ether oxygens (including phenoxy) is 1. The summed E-state index contributed by atoms with van der Waals surface area (Å²) < 4.78 is 5.14. The van der Waals surface area contributed by atoms with Crippen LogP contribution >= 0.6 is 0 Å². The van der Waals surface area contributed by atoms with E-state index in [1.54, 1.807) is 32.5 Å². The maximum Gasteiger partial charge on any atom is 0.246 e. The number of methoxy groups -OCH3 is 1. The molecule has 0 radical (unpaired) electrons. The van der Waals surface area contributed by atoms with Crippen LogP contribution in [0.25, 0.3) is 6.08 Å². The number of aryl methyl sites for hydroxylation is 1. The minimum atomic E-state index is -0.302. The quantitative estimate of drug-likeness (QED) is 0.821. The second-order valence-corrected chi connectivity index (χ2v) is 5.57. The second-order valence-electron chi connectivity index (χ2n) is 5.57. The van der Waals surface area contributed by atoms with Gasteiger partial charge < -0.3 is 15.0 Å². The lowest BCUT2D eigenvalue weighted by Gasteiger charge is -2.14. The van der Waals surface area contributed by atoms with Crippen LogP contribution in [0.4, 0.5) is 5.82 Å². The third-order valence-electron chi connectivity index (χ3n) is 3.45. The van der Waals surface area contributed by atoms with Gasteiger partial charge in [-0.05, 0) is 48.4 Å². The molecule has 0 fully saturated rings. The van der Waals surface area contributed by atoms with Crippen LogP contribution in [-0.2, 0) is 9.59 Å². The Morgan fingerprint density at radius 2 is 2.08 bits per heavy atom. The molecule has 1 N–H and O–H groups in total. The number of hydrogen-bond acceptors (Lipinski definition) is 4. The molecule has 25 heavy (non-hydrogen) atoms. The summed E-state index contributed by atoms with van der Waals surface area (Å²) in [6.07, 6.45) is 4.73. The van der Waals surface area contributed by atoms with Crippen LogP contribution in [0.2, 0.25) is 0 Å². The Labute approximate surface area is 147 Å². The third-order valence-corrected chi connectivity index (χ3v) is 3.45. The summed E-state index contributed by atoms with van der Waals surface area (Å²) in [5, 5.41) is 2.67. The van der Waals surface area contributed by atoms with Gasteiger partial charge in [-0.25, -0.2) is 4.98 Å². The second kappa shape index (κ2) is 8.63. The van der Waals surface area contributed by atoms with Crippen LogP contribution in [0, 0.1) is 6.92 Å². The first-order valence-corrected chi connectivity index (χ1v) is 7.77. The van der Waals surface area contributed by atoms with E-state index >= 15 is 0 Å². The molecule has 0 saturated carbocycles. The molecule has 0 aliphatic carbocycles. The Hall–Kier alpha value is -3.15. The van der Waals surface area contributed by atoms with Crippen molar-refractivity contribution in [1.82, 2.24) is 9.88 Å². The Kier molecular flexibility index (Phi) is 6.28. The highest BCUT2D eigenvalue weighted by Gasteiger charge is 2.11. The number of benzene rings is 1. The van der Waals surface area contributed by atoms with Crippen molar-refractivity contribution in [2.45, 2.75) is 6.92 Å². The van der Waals surface area contributed by atoms with E-state index in [1.807, 2.05) is 37.3 Å². The molecule has 0 unspecified atom stereocenters. The van der Waals surface area contributed by atoms with E-state index in [0.29, 0.717) is 11.6 Å². The van der Waals surface area contributed by atoms with E-state index in [9.17, 15) is 9.59 Å². The molecule has 6 nitrogen and oxygen atoms in total. The minimum Gasteiger partial charge on any atom is -0.497 e. The van der Waals surface area contributed by atoms with Crippen molar-refractivity contribution in [3.05, 3.63) is 59.8 Å². The Morgan fingerprint density at radius 3 is 2.80 bits per heavy atom. The molecule has 1 aromatic heterocycles. The maximum atomic E-state index is 12.1. The monoisotopic (exact) mass is 339 g/mol. The summed E-state index contributed by atoms with van der Waals surface area (Å²) in [7, 11) is 3.16. The Morgan fingerprint density at radius 1 is 1.28 bits per heavy atom. The molecular weight excluding hydrogens is 318 g/mol. The average Bonchev–Trinajstić information content (AvgIpc) is 2.59. The van der Waals surface area contributed by atoms with Gasteiger partial charge in [0.15, 0.2) is 0 Å². The van der Waals surface area contributed by atoms with Gasteiger partial charge in [0, 0.05) is 19.3 Å². The molecule has 0 spiro atoms. The van der Waals surface area contributed by atoms with Crippen molar-refractivity contribution in [2.75, 3.05) is 26.0 Å². The molecule has 1 heterocycles. The Bertz CT molecular complexity index is 787. The number of rotatable bonds is 6. The van der Waals surface area contributed by atoms with Crippen molar-refractivity contribution >= 4 is 23.7 Å². The SMILES string of the molecule is COc1cccc(/C=C/C(=O)N(C)CC(=O)Nc2cc(C)ccn2)c1. The fraction of sp³-hybridized carbons (Fsp3) is 0.211. The van der Waals surface area contributed by atoms with Crippen LogP contribution in [-0.4, -0.2) is 42.4 Å². The first-order valence-electron chi connectivity index (χ1n) is 7.77. The van der Waals surface area contributed by atoms with Crippen LogP contribution < -0.4 is 10.1 Å². The predicted octanol–water partition coefficient (Wildman–Crippen LogP) is 2.51. The topological polar surface area (TPSA) is 71.5 Å². The molecule has 0 saturated heterocycles. The minimum absolute atomic E-state index is 0.0586. The zero-order chi connectivity index (χ0) is 18.2. The lowest BCUT2D eigenvalue weighted by molar-refractivity contribution is -0.129. The summed E-state index contributed by atoms with van der Waals surface area (Å²) >= 11 is 0. The van der Waals surface area contributed by atoms with E-state index in [4.69, 9.17) is 4.74 Å². The molecule has 2 aromatic rings. The number of aromatic nitrogens is 1. The fourth-order valence-corrected chi connectivity index (χ4v) is 2.12. The van der Waals surface area contributed by atoms with Gasteiger partial charge in [0.1, 0.15) is 11.6 Å². The smallest absolute Gasteiger partial charge is 0.246 e. The van der Waals surface area contributed by atoms with Gasteiger partial charge in [0.05, 0.1) is 13.7 Å². The molecule has 6 heteroatoms. The van der Waals surface area contributed by atoms with Gasteiger partial charge >= 0.3 is 0 Å². The van der Waals surface area contributed by atoms with Gasteiger partial charge in [-0.1, -0.05) is 12.1 Å². The zero-order valence-electron chi connectivity index (χ0n) is 14.5. The lowest BCUT2D eigenvalue weighted by atomic mass is 10.2. The lowest BCUT2D eigenvalue weighted by Crippen LogP contribution is -2.34. The number of amides is 2. The number of likely N-dealkylation sites (N-methyl/N-ethyl adjacent to an activating group) is 1. The average molecular weight is 339 g/mol. The van der Waals surface area contributed by atoms with E-state index in [0.717, 1.165) is 11.1 Å². The largest absolute Gasteiger partial charge is 0.497 e. The highest BCUT2D eigenvalue weighted by molar-refractivity contribution is 5.97. The van der Waals surface area contributed by atoms with Crippen LogP contribution in [0.15, 0.2) is 48.7 Å². The van der Waals surface area contributed by atoms with E-state index in [-0.39, 0.29) is 18.4 Å². The number of carbonyl (C=O) groups excluding carboxylic acids is 2. The van der Waals surface area contributed by atoms with Gasteiger partial charge in [-0.15, -0.1) is 0 Å². The highest BCUT2D eigenvalue weighted by Crippen LogP contribution is 2.13. The molecule has 2 amide bonds. The van der Waals surface area contributed by atoms with Gasteiger partial charge in [-0.3, -0.25) is 9.59 Å². The normalized spacial score (nSPS) is 10.5. The molecule has 0 bridgehead atoms. The first-order chi connectivity index (χ1) is 12.0. The summed E-state index contributed by atoms with van der Waals surface area (Å²) in [5.74, 6) is 0.615. The molecular formula is C19H21N3O3. The highest BCUT2D eigenvalue weighted by atomic mass is 16.5. The summed E-state index contributed by atoms with van der Waals surface area (Å²) in [6, 6.07) is 11.0. The predicted molar refractivity (Wildman–Crippen MR) is 97.3 cm³/mol. The Balaban J connectivity index is 1.90. The summed E-state index contributed by atoms with van der Waals surface area (Å²) in [5.41, 5.74) is 1.84. The number of anilines is 1. The van der Waals surface area contributed by atoms with Crippen LogP contribution in [0.1, 0.15) is 11.1 Å². The fourth-order valence-electron chi connectivity index (χ4n) is 2.12. The molecule has 0 atom stereocenters. The van der Waals surface area contributed by atoms with Crippen molar-refractivity contribution < 1.29 is 14.3 Å². The van der Waals surface area contributed by atoms with Gasteiger partial charge in [0.25, 0.3) is 0 Å². The number of nitrogens with zero attached hydrogens (tertiary/aromatic N) is 2. The first kappa shape index (κ1) is 18.2. The summed E-state index contributed by atoms with van der Waals surface area (Å²) in [6.45, 7) is 1.85. The van der Waals surface area contributed by atoms with E-state index < -0.39 is 0 Å². The van der Waals surface area contributed by atoms with E-state index in [1.165, 1.54) is 11.0 Å². The number of carbonyl (C=O) groups is 2. The number of nitrogens with one attached hydrogen (secondary N) is 1. The third kappa shape index (κ3) is 5.76. The summed E-state index contributed by atoms with van der Waals surface area (Å²) in [4.78, 5) is 29.5. The van der Waals surface area contributed by atoms with Crippen molar-refractivity contribution in [1.29, 1.82) is 0 Å². The molecule has 1 aromatic carbocycles.